The Morgan fingerprint density at radius 2 is 1.45 bits per heavy atom. The molecular formula is C10H16Cl2O10. The monoisotopic (exact) mass is 366 g/mol. The van der Waals surface area contributed by atoms with E-state index in [0.717, 1.165) is 0 Å². The van der Waals surface area contributed by atoms with E-state index in [9.17, 15) is 35.7 Å². The van der Waals surface area contributed by atoms with Crippen LogP contribution in [0.5, 0.6) is 0 Å². The van der Waals surface area contributed by atoms with E-state index in [1.165, 1.54) is 0 Å². The van der Waals surface area contributed by atoms with Gasteiger partial charge < -0.3 is 45.2 Å². The van der Waals surface area contributed by atoms with Gasteiger partial charge in [-0.1, -0.05) is 23.2 Å². The van der Waals surface area contributed by atoms with Crippen LogP contribution in [0.15, 0.2) is 0 Å². The molecule has 7 N–H and O–H groups in total. The molecule has 0 spiro atoms. The number of halogens is 2. The molecule has 10 nitrogen and oxygen atoms in total. The Bertz CT molecular complexity index is 398. The molecule has 12 heteroatoms. The van der Waals surface area contributed by atoms with Crippen LogP contribution in [0, 0.1) is 0 Å². The standard InChI is InChI=1S/C10H16Cl2O10/c11-7(17)4-1(13)2(14)9(20-4)22-10(19)6(16)3(15)5(21-10)8(12)18/h1-9,13-19H/t1-,2-,3-,4+,5+,6-,7?,8?,9-,10+/m1/s1. The van der Waals surface area contributed by atoms with Gasteiger partial charge in [-0.05, 0) is 0 Å². The second-order valence-electron chi connectivity index (χ2n) is 4.96. The zero-order valence-electron chi connectivity index (χ0n) is 10.8. The lowest BCUT2D eigenvalue weighted by molar-refractivity contribution is -0.421. The molecule has 0 aliphatic carbocycles. The molecule has 130 valence electrons. The normalized spacial score (nSPS) is 52.0. The summed E-state index contributed by atoms with van der Waals surface area (Å²) in [6, 6.07) is 0. The summed E-state index contributed by atoms with van der Waals surface area (Å²) in [5.41, 5.74) is -3.44. The zero-order valence-corrected chi connectivity index (χ0v) is 12.3. The SMILES string of the molecule is OC(Cl)[C@H]1O[C@H](O[C@@]2(O)O[C@H](C(O)Cl)[C@@H](O)[C@H]2O)[C@H](O)[C@H]1O. The fourth-order valence-electron chi connectivity index (χ4n) is 2.21. The molecule has 0 saturated carbocycles. The molecular weight excluding hydrogens is 351 g/mol. The summed E-state index contributed by atoms with van der Waals surface area (Å²) in [4.78, 5) is 0. The van der Waals surface area contributed by atoms with Gasteiger partial charge in [0.25, 0.3) is 0 Å². The Morgan fingerprint density at radius 3 is 1.86 bits per heavy atom. The van der Waals surface area contributed by atoms with Gasteiger partial charge in [-0.15, -0.1) is 0 Å². The van der Waals surface area contributed by atoms with Gasteiger partial charge in [-0.2, -0.15) is 0 Å². The Hall–Kier alpha value is 0.180. The minimum Gasteiger partial charge on any atom is -0.387 e. The fraction of sp³-hybridized carbons (Fsp3) is 1.00. The number of aliphatic hydroxyl groups excluding tert-OH is 6. The van der Waals surface area contributed by atoms with E-state index in [-0.39, 0.29) is 0 Å². The van der Waals surface area contributed by atoms with Crippen molar-refractivity contribution in [3.63, 3.8) is 0 Å². The molecule has 0 bridgehead atoms. The summed E-state index contributed by atoms with van der Waals surface area (Å²) in [6.45, 7) is 0. The van der Waals surface area contributed by atoms with Crippen molar-refractivity contribution >= 4 is 23.2 Å². The Balaban J connectivity index is 2.10. The van der Waals surface area contributed by atoms with Crippen molar-refractivity contribution in [1.82, 2.24) is 0 Å². The number of hydrogen-bond donors (Lipinski definition) is 7. The molecule has 2 fully saturated rings. The zero-order chi connectivity index (χ0) is 16.8. The molecule has 0 aromatic heterocycles. The predicted octanol–water partition coefficient (Wildman–Crippen LogP) is -3.67. The molecule has 0 aromatic carbocycles. The first-order chi connectivity index (χ1) is 10.1. The average molecular weight is 367 g/mol. The van der Waals surface area contributed by atoms with Crippen molar-refractivity contribution < 1.29 is 50.0 Å². The first-order valence-electron chi connectivity index (χ1n) is 6.18. The largest absolute Gasteiger partial charge is 0.387 e. The van der Waals surface area contributed by atoms with E-state index in [0.29, 0.717) is 0 Å². The van der Waals surface area contributed by atoms with Crippen molar-refractivity contribution in [2.24, 2.45) is 0 Å². The third-order valence-electron chi connectivity index (χ3n) is 3.42. The maximum Gasteiger partial charge on any atom is 0.313 e. The quantitative estimate of drug-likeness (QED) is 0.194. The van der Waals surface area contributed by atoms with Gasteiger partial charge in [0.15, 0.2) is 23.5 Å². The van der Waals surface area contributed by atoms with Crippen LogP contribution in [0.25, 0.3) is 0 Å². The smallest absolute Gasteiger partial charge is 0.313 e. The summed E-state index contributed by atoms with van der Waals surface area (Å²) in [5, 5.41) is 67.1. The number of alkyl halides is 2. The van der Waals surface area contributed by atoms with E-state index in [1.54, 1.807) is 0 Å². The lowest BCUT2D eigenvalue weighted by Crippen LogP contribution is -2.50. The number of rotatable bonds is 4. The van der Waals surface area contributed by atoms with Crippen molar-refractivity contribution in [1.29, 1.82) is 0 Å². The van der Waals surface area contributed by atoms with Crippen LogP contribution < -0.4 is 0 Å². The van der Waals surface area contributed by atoms with Crippen molar-refractivity contribution in [2.45, 2.75) is 60.0 Å². The highest BCUT2D eigenvalue weighted by Gasteiger charge is 2.60. The number of aliphatic hydroxyl groups is 7. The number of hydrogen-bond acceptors (Lipinski definition) is 10. The topological polar surface area (TPSA) is 169 Å². The summed E-state index contributed by atoms with van der Waals surface area (Å²) in [5.74, 6) is -2.88. The van der Waals surface area contributed by atoms with E-state index >= 15 is 0 Å². The van der Waals surface area contributed by atoms with Crippen LogP contribution in [-0.2, 0) is 14.2 Å². The van der Waals surface area contributed by atoms with Crippen LogP contribution >= 0.6 is 23.2 Å². The molecule has 0 amide bonds. The van der Waals surface area contributed by atoms with Crippen molar-refractivity contribution in [3.8, 4) is 0 Å². The lowest BCUT2D eigenvalue weighted by Gasteiger charge is -2.29. The van der Waals surface area contributed by atoms with Crippen LogP contribution in [0.3, 0.4) is 0 Å². The highest BCUT2D eigenvalue weighted by Crippen LogP contribution is 2.36. The molecule has 2 unspecified atom stereocenters. The van der Waals surface area contributed by atoms with Gasteiger partial charge >= 0.3 is 5.97 Å². The van der Waals surface area contributed by atoms with E-state index in [2.05, 4.69) is 0 Å². The summed E-state index contributed by atoms with van der Waals surface area (Å²) in [7, 11) is 0. The number of ether oxygens (including phenoxy) is 3. The second kappa shape index (κ2) is 6.59. The van der Waals surface area contributed by atoms with Gasteiger partial charge in [0.2, 0.25) is 0 Å². The molecule has 2 aliphatic heterocycles. The van der Waals surface area contributed by atoms with Crippen molar-refractivity contribution in [2.75, 3.05) is 0 Å². The lowest BCUT2D eigenvalue weighted by atomic mass is 10.1. The van der Waals surface area contributed by atoms with E-state index in [1.807, 2.05) is 0 Å². The van der Waals surface area contributed by atoms with Crippen LogP contribution in [0.2, 0.25) is 0 Å². The summed E-state index contributed by atoms with van der Waals surface area (Å²) in [6.07, 6.45) is -12.0. The van der Waals surface area contributed by atoms with Gasteiger partial charge in [-0.25, -0.2) is 0 Å². The maximum atomic E-state index is 10.0. The van der Waals surface area contributed by atoms with Crippen LogP contribution in [-0.4, -0.2) is 95.8 Å². The maximum absolute atomic E-state index is 10.0. The first-order valence-corrected chi connectivity index (χ1v) is 7.06. The van der Waals surface area contributed by atoms with Crippen molar-refractivity contribution in [3.05, 3.63) is 0 Å². The molecule has 22 heavy (non-hydrogen) atoms. The minimum atomic E-state index is -2.88. The summed E-state index contributed by atoms with van der Waals surface area (Å²) < 4.78 is 14.5. The summed E-state index contributed by atoms with van der Waals surface area (Å²) >= 11 is 10.7. The minimum absolute atomic E-state index is 1.43. The van der Waals surface area contributed by atoms with Gasteiger partial charge in [0.1, 0.15) is 30.5 Å². The highest BCUT2D eigenvalue weighted by atomic mass is 35.5. The average Bonchev–Trinajstić information content (AvgIpc) is 2.82. The predicted molar refractivity (Wildman–Crippen MR) is 67.3 cm³/mol. The van der Waals surface area contributed by atoms with E-state index < -0.39 is 60.0 Å². The Labute approximate surface area is 134 Å². The molecule has 2 heterocycles. The second-order valence-corrected chi connectivity index (χ2v) is 5.86. The molecule has 2 saturated heterocycles. The third-order valence-corrected chi connectivity index (χ3v) is 3.92. The Morgan fingerprint density at radius 1 is 0.909 bits per heavy atom. The third kappa shape index (κ3) is 3.20. The first kappa shape index (κ1) is 18.5. The molecule has 0 radical (unpaired) electrons. The van der Waals surface area contributed by atoms with Gasteiger partial charge in [0, 0.05) is 0 Å². The fourth-order valence-corrected chi connectivity index (χ4v) is 2.62. The van der Waals surface area contributed by atoms with Gasteiger partial charge in [0.05, 0.1) is 0 Å². The molecule has 10 atom stereocenters. The van der Waals surface area contributed by atoms with Gasteiger partial charge in [-0.3, -0.25) is 4.74 Å². The molecule has 2 rings (SSSR count). The molecule has 0 aromatic rings. The van der Waals surface area contributed by atoms with Crippen LogP contribution in [0.4, 0.5) is 0 Å². The highest BCUT2D eigenvalue weighted by molar-refractivity contribution is 6.20. The van der Waals surface area contributed by atoms with Crippen LogP contribution in [0.1, 0.15) is 0 Å². The van der Waals surface area contributed by atoms with E-state index in [4.69, 9.17) is 37.4 Å². The Kier molecular flexibility index (Phi) is 5.55. The molecule has 2 aliphatic rings.